The van der Waals surface area contributed by atoms with Gasteiger partial charge in [0.25, 0.3) is 11.1 Å². The summed E-state index contributed by atoms with van der Waals surface area (Å²) in [5, 5.41) is 14.1. The molecule has 0 saturated heterocycles. The fourth-order valence-electron chi connectivity index (χ4n) is 4.81. The van der Waals surface area contributed by atoms with Crippen LogP contribution < -0.4 is 15.5 Å². The number of nitrogens with one attached hydrogen (secondary N) is 3. The lowest BCUT2D eigenvalue weighted by Gasteiger charge is -2.21. The van der Waals surface area contributed by atoms with E-state index in [-0.39, 0.29) is 42.5 Å². The molecule has 11 nitrogen and oxygen atoms in total. The molecule has 2 aromatic carbocycles. The van der Waals surface area contributed by atoms with Gasteiger partial charge in [0.1, 0.15) is 17.5 Å². The fraction of sp³-hybridized carbons (Fsp3) is 0.353. The monoisotopic (exact) mass is 643 g/mol. The van der Waals surface area contributed by atoms with Crippen LogP contribution in [0.25, 0.3) is 11.0 Å². The Morgan fingerprint density at radius 3 is 2.50 bits per heavy atom. The van der Waals surface area contributed by atoms with Gasteiger partial charge < -0.3 is 19.9 Å². The van der Waals surface area contributed by atoms with Gasteiger partial charge in [-0.3, -0.25) is 24.7 Å². The lowest BCUT2D eigenvalue weighted by molar-refractivity contribution is -0.142. The number of hydrogen-bond donors (Lipinski definition) is 3. The second-order valence-corrected chi connectivity index (χ2v) is 11.7. The molecule has 0 aliphatic rings. The molecule has 0 fully saturated rings. The highest BCUT2D eigenvalue weighted by atomic mass is 32.2. The van der Waals surface area contributed by atoms with Gasteiger partial charge in [-0.15, -0.1) is 0 Å². The smallest absolute Gasteiger partial charge is 0.307 e. The number of rotatable bonds is 15. The normalized spacial score (nSPS) is 10.8. The zero-order valence-electron chi connectivity index (χ0n) is 26.5. The van der Waals surface area contributed by atoms with Crippen LogP contribution in [0.4, 0.5) is 16.3 Å². The van der Waals surface area contributed by atoms with Crippen LogP contribution in [0.15, 0.2) is 66.9 Å². The van der Waals surface area contributed by atoms with Crippen molar-refractivity contribution in [2.24, 2.45) is 7.05 Å². The molecule has 0 unspecified atom stereocenters. The number of amidine groups is 1. The van der Waals surface area contributed by atoms with Gasteiger partial charge in [0.2, 0.25) is 0 Å². The van der Waals surface area contributed by atoms with Gasteiger partial charge in [0.05, 0.1) is 30.6 Å². The predicted molar refractivity (Wildman–Crippen MR) is 184 cm³/mol. The average Bonchev–Trinajstić information content (AvgIpc) is 3.38. The van der Waals surface area contributed by atoms with Crippen molar-refractivity contribution < 1.29 is 19.1 Å². The molecule has 0 spiro atoms. The number of hydrogen-bond acceptors (Lipinski definition) is 9. The summed E-state index contributed by atoms with van der Waals surface area (Å²) in [6.45, 7) is 4.73. The Morgan fingerprint density at radius 1 is 1.00 bits per heavy atom. The number of imidazole rings is 1. The summed E-state index contributed by atoms with van der Waals surface area (Å²) in [6.07, 6.45) is 6.09. The van der Waals surface area contributed by atoms with Crippen molar-refractivity contribution in [3.8, 4) is 0 Å². The van der Waals surface area contributed by atoms with E-state index < -0.39 is 0 Å². The quantitative estimate of drug-likeness (QED) is 0.0575. The van der Waals surface area contributed by atoms with Crippen molar-refractivity contribution in [2.75, 3.05) is 29.1 Å². The molecule has 0 radical (unpaired) electrons. The number of esters is 1. The maximum absolute atomic E-state index is 13.6. The molecule has 0 bridgehead atoms. The van der Waals surface area contributed by atoms with Crippen LogP contribution in [-0.4, -0.2) is 56.4 Å². The van der Waals surface area contributed by atoms with E-state index in [9.17, 15) is 14.4 Å². The highest BCUT2D eigenvalue weighted by Crippen LogP contribution is 2.21. The molecule has 4 aromatic rings. The number of aryl methyl sites for hydroxylation is 1. The summed E-state index contributed by atoms with van der Waals surface area (Å²) in [5.74, 6) is 1.37. The van der Waals surface area contributed by atoms with Crippen LogP contribution in [0.3, 0.4) is 0 Å². The average molecular weight is 644 g/mol. The number of aromatic nitrogens is 3. The molecule has 0 atom stereocenters. The number of fused-ring (bicyclic) bond motifs is 1. The Balaban J connectivity index is 1.38. The molecule has 2 aromatic heterocycles. The van der Waals surface area contributed by atoms with Gasteiger partial charge in [0.15, 0.2) is 0 Å². The third-order valence-corrected chi connectivity index (χ3v) is 8.18. The molecule has 12 heteroatoms. The number of amides is 2. The summed E-state index contributed by atoms with van der Waals surface area (Å²) in [4.78, 5) is 48.4. The first-order valence-corrected chi connectivity index (χ1v) is 16.5. The molecule has 0 saturated carbocycles. The zero-order valence-corrected chi connectivity index (χ0v) is 27.4. The summed E-state index contributed by atoms with van der Waals surface area (Å²) in [5.41, 5.74) is 3.42. The standard InChI is InChI=1S/C34H41N7O4S/c1-4-6-7-10-21-46-34(44)39-32(35)24-12-15-26(16-13-24)37-23-30-38-27-22-25(14-17-28(27)40(30)3)33(43)41(20-18-31(42)45-5-2)29-11-8-9-19-36-29/h8-9,11-17,19,22,37H,4-7,10,18,20-21,23H2,1-3H3,(H2,35,39,44). The first-order chi connectivity index (χ1) is 22.3. The molecule has 242 valence electrons. The number of carbonyl (C=O) groups excluding carboxylic acids is 3. The van der Waals surface area contributed by atoms with Gasteiger partial charge >= 0.3 is 5.97 Å². The largest absolute Gasteiger partial charge is 0.466 e. The first kappa shape index (κ1) is 34.2. The molecule has 46 heavy (non-hydrogen) atoms. The van der Waals surface area contributed by atoms with Crippen molar-refractivity contribution >= 4 is 57.3 Å². The molecule has 0 aliphatic heterocycles. The fourth-order valence-corrected chi connectivity index (χ4v) is 5.51. The lowest BCUT2D eigenvalue weighted by atomic mass is 10.1. The second kappa shape index (κ2) is 17.1. The van der Waals surface area contributed by atoms with E-state index in [2.05, 4.69) is 22.5 Å². The number of nitrogens with zero attached hydrogens (tertiary/aromatic N) is 4. The maximum Gasteiger partial charge on any atom is 0.307 e. The molecular formula is C34H41N7O4S. The van der Waals surface area contributed by atoms with Gasteiger partial charge in [0, 0.05) is 42.4 Å². The summed E-state index contributed by atoms with van der Waals surface area (Å²) < 4.78 is 7.02. The number of pyridine rings is 1. The van der Waals surface area contributed by atoms with Crippen molar-refractivity contribution in [2.45, 2.75) is 52.5 Å². The van der Waals surface area contributed by atoms with E-state index in [0.29, 0.717) is 29.0 Å². The number of carbonyl (C=O) groups is 3. The Hall–Kier alpha value is -4.71. The minimum Gasteiger partial charge on any atom is -0.466 e. The van der Waals surface area contributed by atoms with Gasteiger partial charge in [-0.1, -0.05) is 44.0 Å². The summed E-state index contributed by atoms with van der Waals surface area (Å²) >= 11 is 1.22. The van der Waals surface area contributed by atoms with Crippen molar-refractivity contribution in [1.29, 1.82) is 5.41 Å². The van der Waals surface area contributed by atoms with Crippen molar-refractivity contribution in [1.82, 2.24) is 19.9 Å². The van der Waals surface area contributed by atoms with E-state index in [0.717, 1.165) is 42.0 Å². The van der Waals surface area contributed by atoms with E-state index in [1.54, 1.807) is 55.6 Å². The molecule has 2 amide bonds. The third-order valence-electron chi connectivity index (χ3n) is 7.32. The zero-order chi connectivity index (χ0) is 32.9. The minimum atomic E-state index is -0.379. The predicted octanol–water partition coefficient (Wildman–Crippen LogP) is 6.53. The van der Waals surface area contributed by atoms with E-state index in [1.807, 2.05) is 29.8 Å². The molecule has 0 aliphatic carbocycles. The molecule has 2 heterocycles. The molecule has 3 N–H and O–H groups in total. The SMILES string of the molecule is CCCCCCSC(=O)NC(=N)c1ccc(NCc2nc3cc(C(=O)N(CCC(=O)OCC)c4ccccn4)ccc3n2C)cc1. The third kappa shape index (κ3) is 9.40. The van der Waals surface area contributed by atoms with Crippen LogP contribution in [0.2, 0.25) is 0 Å². The Labute approximate surface area is 273 Å². The number of thioether (sulfide) groups is 1. The van der Waals surface area contributed by atoms with E-state index >= 15 is 0 Å². The van der Waals surface area contributed by atoms with Crippen LogP contribution in [0, 0.1) is 5.41 Å². The number of benzene rings is 2. The first-order valence-electron chi connectivity index (χ1n) is 15.5. The van der Waals surface area contributed by atoms with Gasteiger partial charge in [-0.25, -0.2) is 9.97 Å². The Bertz CT molecular complexity index is 1640. The maximum atomic E-state index is 13.6. The highest BCUT2D eigenvalue weighted by Gasteiger charge is 2.21. The van der Waals surface area contributed by atoms with Crippen LogP contribution in [-0.2, 0) is 23.1 Å². The Morgan fingerprint density at radius 2 is 1.78 bits per heavy atom. The highest BCUT2D eigenvalue weighted by molar-refractivity contribution is 8.13. The summed E-state index contributed by atoms with van der Waals surface area (Å²) in [7, 11) is 1.92. The van der Waals surface area contributed by atoms with Crippen molar-refractivity contribution in [3.63, 3.8) is 0 Å². The second-order valence-electron chi connectivity index (χ2n) is 10.6. The van der Waals surface area contributed by atoms with Crippen LogP contribution in [0.1, 0.15) is 67.7 Å². The van der Waals surface area contributed by atoms with Crippen LogP contribution >= 0.6 is 11.8 Å². The van der Waals surface area contributed by atoms with Crippen molar-refractivity contribution in [3.05, 3.63) is 83.8 Å². The minimum absolute atomic E-state index is 0.0484. The van der Waals surface area contributed by atoms with Crippen LogP contribution in [0.5, 0.6) is 0 Å². The summed E-state index contributed by atoms with van der Waals surface area (Å²) in [6, 6.07) is 17.9. The number of unbranched alkanes of at least 4 members (excludes halogenated alkanes) is 3. The van der Waals surface area contributed by atoms with E-state index in [4.69, 9.17) is 15.1 Å². The number of anilines is 2. The van der Waals surface area contributed by atoms with E-state index in [1.165, 1.54) is 23.1 Å². The molecule has 4 rings (SSSR count). The van der Waals surface area contributed by atoms with Gasteiger partial charge in [-0.05, 0) is 67.9 Å². The Kier molecular flexibility index (Phi) is 12.7. The topological polar surface area (TPSA) is 142 Å². The number of ether oxygens (including phenoxy) is 1. The molecular weight excluding hydrogens is 602 g/mol. The lowest BCUT2D eigenvalue weighted by Crippen LogP contribution is -2.34. The van der Waals surface area contributed by atoms with Gasteiger partial charge in [-0.2, -0.15) is 0 Å².